The van der Waals surface area contributed by atoms with Gasteiger partial charge in [0.1, 0.15) is 17.4 Å². The normalized spacial score (nSPS) is 10.8. The molecule has 0 bridgehead atoms. The van der Waals surface area contributed by atoms with Crippen molar-refractivity contribution < 1.29 is 19.2 Å². The molecule has 0 aliphatic heterocycles. The second kappa shape index (κ2) is 10.8. The van der Waals surface area contributed by atoms with Gasteiger partial charge < -0.3 is 10.1 Å². The lowest BCUT2D eigenvalue weighted by Gasteiger charge is -2.07. The van der Waals surface area contributed by atoms with E-state index >= 15 is 0 Å². The molecule has 34 heavy (non-hydrogen) atoms. The van der Waals surface area contributed by atoms with E-state index in [0.29, 0.717) is 10.6 Å². The molecule has 0 aliphatic rings. The maximum atomic E-state index is 12.5. The van der Waals surface area contributed by atoms with Crippen LogP contribution in [0.4, 0.5) is 11.4 Å². The molecule has 0 fully saturated rings. The number of amides is 1. The quantitative estimate of drug-likeness (QED) is 0.102. The minimum atomic E-state index is -0.756. The summed E-state index contributed by atoms with van der Waals surface area (Å²) >= 11 is 17.7. The van der Waals surface area contributed by atoms with Crippen molar-refractivity contribution >= 4 is 64.1 Å². The van der Waals surface area contributed by atoms with E-state index in [-0.39, 0.29) is 38.3 Å². The summed E-state index contributed by atoms with van der Waals surface area (Å²) in [6.07, 6.45) is 1.32. The fourth-order valence-corrected chi connectivity index (χ4v) is 3.17. The molecule has 1 amide bonds. The number of hydrogen-bond acceptors (Lipinski definition) is 6. The van der Waals surface area contributed by atoms with Crippen molar-refractivity contribution in [2.45, 2.75) is 0 Å². The van der Waals surface area contributed by atoms with Crippen LogP contribution in [0.1, 0.15) is 15.9 Å². The van der Waals surface area contributed by atoms with Crippen LogP contribution in [-0.2, 0) is 4.79 Å². The van der Waals surface area contributed by atoms with Gasteiger partial charge in [0.2, 0.25) is 0 Å². The molecular weight excluding hydrogens is 505 g/mol. The lowest BCUT2D eigenvalue weighted by Crippen LogP contribution is -2.13. The zero-order valence-corrected chi connectivity index (χ0v) is 19.2. The molecule has 0 atom stereocenters. The molecule has 3 aromatic carbocycles. The first-order valence-electron chi connectivity index (χ1n) is 9.32. The third-order valence-electron chi connectivity index (χ3n) is 4.33. The van der Waals surface area contributed by atoms with Crippen molar-refractivity contribution in [3.05, 3.63) is 103 Å². The van der Waals surface area contributed by atoms with Crippen LogP contribution in [0.2, 0.25) is 15.1 Å². The van der Waals surface area contributed by atoms with Gasteiger partial charge in [-0.15, -0.1) is 0 Å². The molecule has 170 valence electrons. The van der Waals surface area contributed by atoms with Crippen LogP contribution in [0.5, 0.6) is 5.75 Å². The van der Waals surface area contributed by atoms with Crippen LogP contribution in [0.3, 0.4) is 0 Å². The first kappa shape index (κ1) is 24.7. The molecule has 0 unspecified atom stereocenters. The van der Waals surface area contributed by atoms with Gasteiger partial charge in [-0.2, -0.15) is 5.26 Å². The highest BCUT2D eigenvalue weighted by Crippen LogP contribution is 2.27. The number of carbonyl (C=O) groups is 2. The largest absolute Gasteiger partial charge is 0.423 e. The Labute approximate surface area is 208 Å². The molecule has 0 spiro atoms. The Morgan fingerprint density at radius 3 is 2.26 bits per heavy atom. The number of non-ortho nitro benzene ring substituents is 1. The van der Waals surface area contributed by atoms with Gasteiger partial charge in [0, 0.05) is 12.1 Å². The van der Waals surface area contributed by atoms with Crippen LogP contribution in [0, 0.1) is 21.4 Å². The number of esters is 1. The smallest absolute Gasteiger partial charge is 0.343 e. The van der Waals surface area contributed by atoms with Gasteiger partial charge in [-0.05, 0) is 48.0 Å². The number of rotatable bonds is 6. The maximum Gasteiger partial charge on any atom is 0.343 e. The van der Waals surface area contributed by atoms with Gasteiger partial charge in [0.25, 0.3) is 11.6 Å². The van der Waals surface area contributed by atoms with E-state index in [2.05, 4.69) is 5.32 Å². The number of nitro benzene ring substituents is 1. The minimum absolute atomic E-state index is 0.0482. The first-order valence-corrected chi connectivity index (χ1v) is 10.5. The fourth-order valence-electron chi connectivity index (χ4n) is 2.65. The zero-order chi connectivity index (χ0) is 24.8. The van der Waals surface area contributed by atoms with Crippen molar-refractivity contribution in [3.63, 3.8) is 0 Å². The number of nitrogens with one attached hydrogen (secondary N) is 1. The topological polar surface area (TPSA) is 122 Å². The van der Waals surface area contributed by atoms with E-state index in [1.54, 1.807) is 18.2 Å². The summed E-state index contributed by atoms with van der Waals surface area (Å²) in [7, 11) is 0. The molecule has 11 heteroatoms. The monoisotopic (exact) mass is 515 g/mol. The van der Waals surface area contributed by atoms with Gasteiger partial charge in [-0.3, -0.25) is 14.9 Å². The highest BCUT2D eigenvalue weighted by molar-refractivity contribution is 6.42. The standard InChI is InChI=1S/C23H12Cl3N3O5/c24-18-7-3-14(10-19(18)25)23(31)34-17-5-1-13(2-6-17)9-15(12-27)22(30)28-21-8-4-16(29(32)33)11-20(21)26/h1-11H,(H,28,30). The second-order valence-electron chi connectivity index (χ2n) is 6.63. The molecule has 1 N–H and O–H groups in total. The summed E-state index contributed by atoms with van der Waals surface area (Å²) in [6.45, 7) is 0. The summed E-state index contributed by atoms with van der Waals surface area (Å²) in [5.41, 5.74) is 0.333. The number of benzene rings is 3. The number of ether oxygens (including phenoxy) is 1. The number of nitrogens with zero attached hydrogens (tertiary/aromatic N) is 2. The number of halogens is 3. The SMILES string of the molecule is N#CC(=Cc1ccc(OC(=O)c2ccc(Cl)c(Cl)c2)cc1)C(=O)Nc1ccc([N+](=O)[O-])cc1Cl. The number of hydrogen-bond donors (Lipinski definition) is 1. The van der Waals surface area contributed by atoms with E-state index in [9.17, 15) is 25.0 Å². The van der Waals surface area contributed by atoms with Crippen molar-refractivity contribution in [3.8, 4) is 11.8 Å². The first-order chi connectivity index (χ1) is 16.2. The van der Waals surface area contributed by atoms with Gasteiger partial charge >= 0.3 is 5.97 Å². The Morgan fingerprint density at radius 2 is 1.68 bits per heavy atom. The van der Waals surface area contributed by atoms with Crippen molar-refractivity contribution in [2.24, 2.45) is 0 Å². The lowest BCUT2D eigenvalue weighted by atomic mass is 10.1. The highest BCUT2D eigenvalue weighted by atomic mass is 35.5. The molecule has 0 aliphatic carbocycles. The molecule has 0 heterocycles. The van der Waals surface area contributed by atoms with E-state index in [4.69, 9.17) is 39.5 Å². The van der Waals surface area contributed by atoms with E-state index in [1.807, 2.05) is 0 Å². The Morgan fingerprint density at radius 1 is 0.971 bits per heavy atom. The van der Waals surface area contributed by atoms with Crippen molar-refractivity contribution in [2.75, 3.05) is 5.32 Å². The Kier molecular flexibility index (Phi) is 7.87. The van der Waals surface area contributed by atoms with E-state index in [1.165, 1.54) is 48.5 Å². The number of carbonyl (C=O) groups excluding carboxylic acids is 2. The Balaban J connectivity index is 1.71. The maximum absolute atomic E-state index is 12.5. The number of anilines is 1. The molecule has 3 aromatic rings. The van der Waals surface area contributed by atoms with Gasteiger partial charge in [-0.1, -0.05) is 46.9 Å². The summed E-state index contributed by atoms with van der Waals surface area (Å²) < 4.78 is 5.28. The van der Waals surface area contributed by atoms with Gasteiger partial charge in [-0.25, -0.2) is 4.79 Å². The summed E-state index contributed by atoms with van der Waals surface area (Å²) in [5.74, 6) is -1.17. The van der Waals surface area contributed by atoms with Crippen LogP contribution in [0.15, 0.2) is 66.2 Å². The predicted molar refractivity (Wildman–Crippen MR) is 128 cm³/mol. The summed E-state index contributed by atoms with van der Waals surface area (Å²) in [6, 6.07) is 15.7. The summed E-state index contributed by atoms with van der Waals surface area (Å²) in [4.78, 5) is 34.9. The lowest BCUT2D eigenvalue weighted by molar-refractivity contribution is -0.384. The molecule has 8 nitrogen and oxygen atoms in total. The fraction of sp³-hybridized carbons (Fsp3) is 0. The molecule has 0 aromatic heterocycles. The van der Waals surface area contributed by atoms with Crippen LogP contribution < -0.4 is 10.1 Å². The van der Waals surface area contributed by atoms with Crippen molar-refractivity contribution in [1.29, 1.82) is 5.26 Å². The predicted octanol–water partition coefficient (Wildman–Crippen LogP) is 6.32. The van der Waals surface area contributed by atoms with Crippen LogP contribution in [0.25, 0.3) is 6.08 Å². The van der Waals surface area contributed by atoms with Crippen molar-refractivity contribution in [1.82, 2.24) is 0 Å². The number of nitro groups is 1. The van der Waals surface area contributed by atoms with Crippen LogP contribution >= 0.6 is 34.8 Å². The van der Waals surface area contributed by atoms with Crippen LogP contribution in [-0.4, -0.2) is 16.8 Å². The average Bonchev–Trinajstić information content (AvgIpc) is 2.81. The average molecular weight is 517 g/mol. The molecule has 0 radical (unpaired) electrons. The Bertz CT molecular complexity index is 1370. The molecule has 0 saturated heterocycles. The molecule has 3 rings (SSSR count). The van der Waals surface area contributed by atoms with Gasteiger partial charge in [0.05, 0.1) is 31.2 Å². The zero-order valence-electron chi connectivity index (χ0n) is 16.9. The third-order valence-corrected chi connectivity index (χ3v) is 5.39. The molecule has 0 saturated carbocycles. The highest BCUT2D eigenvalue weighted by Gasteiger charge is 2.15. The molecular formula is C23H12Cl3N3O5. The summed E-state index contributed by atoms with van der Waals surface area (Å²) in [5, 5.41) is 23.1. The van der Waals surface area contributed by atoms with E-state index in [0.717, 1.165) is 6.07 Å². The van der Waals surface area contributed by atoms with E-state index < -0.39 is 16.8 Å². The number of nitriles is 1. The third kappa shape index (κ3) is 6.11. The van der Waals surface area contributed by atoms with Gasteiger partial charge in [0.15, 0.2) is 0 Å². The minimum Gasteiger partial charge on any atom is -0.423 e. The second-order valence-corrected chi connectivity index (χ2v) is 7.85. The Hall–Kier alpha value is -3.90.